The first kappa shape index (κ1) is 18.8. The number of nitrogens with zero attached hydrogens (tertiary/aromatic N) is 1. The maximum atomic E-state index is 5.93. The minimum atomic E-state index is 0.339. The Bertz CT molecular complexity index is 758. The van der Waals surface area contributed by atoms with Gasteiger partial charge in [0, 0.05) is 16.3 Å². The van der Waals surface area contributed by atoms with E-state index in [1.807, 2.05) is 12.1 Å². The van der Waals surface area contributed by atoms with Crippen molar-refractivity contribution in [2.75, 3.05) is 26.6 Å². The third kappa shape index (κ3) is 5.23. The third-order valence-electron chi connectivity index (χ3n) is 3.15. The van der Waals surface area contributed by atoms with E-state index in [9.17, 15) is 0 Å². The van der Waals surface area contributed by atoms with Crippen molar-refractivity contribution in [3.05, 3.63) is 47.0 Å². The molecule has 0 heterocycles. The zero-order chi connectivity index (χ0) is 18.2. The molecule has 8 heteroatoms. The second kappa shape index (κ2) is 9.10. The summed E-state index contributed by atoms with van der Waals surface area (Å²) < 4.78 is 15.9. The molecule has 0 aromatic heterocycles. The molecule has 6 nitrogen and oxygen atoms in total. The summed E-state index contributed by atoms with van der Waals surface area (Å²) in [5.41, 5.74) is 4.26. The molecule has 0 aliphatic rings. The summed E-state index contributed by atoms with van der Waals surface area (Å²) in [6.07, 6.45) is 1.59. The monoisotopic (exact) mass is 379 g/mol. The Kier molecular flexibility index (Phi) is 6.85. The van der Waals surface area contributed by atoms with Gasteiger partial charge in [0.2, 0.25) is 5.75 Å². The van der Waals surface area contributed by atoms with Gasteiger partial charge in [0.25, 0.3) is 0 Å². The lowest BCUT2D eigenvalue weighted by atomic mass is 10.2. The molecule has 0 aliphatic heterocycles. The quantitative estimate of drug-likeness (QED) is 0.453. The average Bonchev–Trinajstić information content (AvgIpc) is 2.60. The second-order valence-corrected chi connectivity index (χ2v) is 5.64. The van der Waals surface area contributed by atoms with E-state index in [1.54, 1.807) is 51.8 Å². The summed E-state index contributed by atoms with van der Waals surface area (Å²) >= 11 is 11.1. The number of benzene rings is 2. The summed E-state index contributed by atoms with van der Waals surface area (Å²) in [4.78, 5) is 0. The SMILES string of the molecule is COc1cc(C=NNC(=S)Nc2cccc(Cl)c2)cc(OC)c1OC. The number of methoxy groups -OCH3 is 3. The van der Waals surface area contributed by atoms with Crippen LogP contribution < -0.4 is 25.0 Å². The van der Waals surface area contributed by atoms with Crippen molar-refractivity contribution < 1.29 is 14.2 Å². The molecule has 2 rings (SSSR count). The van der Waals surface area contributed by atoms with E-state index in [-0.39, 0.29) is 0 Å². The lowest BCUT2D eigenvalue weighted by molar-refractivity contribution is 0.324. The Morgan fingerprint density at radius 2 is 1.76 bits per heavy atom. The van der Waals surface area contributed by atoms with Crippen molar-refractivity contribution in [3.8, 4) is 17.2 Å². The minimum absolute atomic E-state index is 0.339. The first-order chi connectivity index (χ1) is 12.1. The van der Waals surface area contributed by atoms with Gasteiger partial charge in [-0.05, 0) is 42.5 Å². The smallest absolute Gasteiger partial charge is 0.203 e. The maximum absolute atomic E-state index is 5.93. The van der Waals surface area contributed by atoms with Crippen LogP contribution in [0.3, 0.4) is 0 Å². The van der Waals surface area contributed by atoms with Crippen LogP contribution in [-0.2, 0) is 0 Å². The molecule has 0 spiro atoms. The Morgan fingerprint density at radius 3 is 2.32 bits per heavy atom. The molecule has 0 atom stereocenters. The number of rotatable bonds is 6. The Morgan fingerprint density at radius 1 is 1.08 bits per heavy atom. The molecular weight excluding hydrogens is 362 g/mol. The van der Waals surface area contributed by atoms with Crippen LogP contribution >= 0.6 is 23.8 Å². The van der Waals surface area contributed by atoms with Crippen LogP contribution in [0, 0.1) is 0 Å². The van der Waals surface area contributed by atoms with Gasteiger partial charge in [-0.15, -0.1) is 0 Å². The van der Waals surface area contributed by atoms with Gasteiger partial charge in [0.1, 0.15) is 0 Å². The van der Waals surface area contributed by atoms with Crippen LogP contribution in [0.1, 0.15) is 5.56 Å². The molecule has 132 valence electrons. The number of hydrazone groups is 1. The lowest BCUT2D eigenvalue weighted by Gasteiger charge is -2.12. The van der Waals surface area contributed by atoms with Crippen LogP contribution in [0.5, 0.6) is 17.2 Å². The van der Waals surface area contributed by atoms with Crippen LogP contribution in [0.4, 0.5) is 5.69 Å². The molecular formula is C17H18ClN3O3S. The van der Waals surface area contributed by atoms with E-state index >= 15 is 0 Å². The molecule has 0 saturated carbocycles. The zero-order valence-corrected chi connectivity index (χ0v) is 15.6. The molecule has 0 unspecified atom stereocenters. The third-order valence-corrected chi connectivity index (χ3v) is 3.58. The van der Waals surface area contributed by atoms with Crippen molar-refractivity contribution in [1.82, 2.24) is 5.43 Å². The van der Waals surface area contributed by atoms with Crippen LogP contribution in [0.15, 0.2) is 41.5 Å². The number of halogens is 1. The van der Waals surface area contributed by atoms with E-state index in [2.05, 4.69) is 15.8 Å². The van der Waals surface area contributed by atoms with Gasteiger partial charge in [-0.2, -0.15) is 5.10 Å². The number of anilines is 1. The lowest BCUT2D eigenvalue weighted by Crippen LogP contribution is -2.23. The topological polar surface area (TPSA) is 64.1 Å². The number of nitrogens with one attached hydrogen (secondary N) is 2. The fraction of sp³-hybridized carbons (Fsp3) is 0.176. The number of ether oxygens (including phenoxy) is 3. The molecule has 2 aromatic rings. The van der Waals surface area contributed by atoms with Crippen molar-refractivity contribution in [2.24, 2.45) is 5.10 Å². The van der Waals surface area contributed by atoms with Gasteiger partial charge >= 0.3 is 0 Å². The van der Waals surface area contributed by atoms with Crippen LogP contribution in [-0.4, -0.2) is 32.7 Å². The van der Waals surface area contributed by atoms with E-state index in [0.29, 0.717) is 27.4 Å². The molecule has 0 bridgehead atoms. The minimum Gasteiger partial charge on any atom is -0.493 e. The van der Waals surface area contributed by atoms with Gasteiger partial charge in [0.15, 0.2) is 16.6 Å². The highest BCUT2D eigenvalue weighted by atomic mass is 35.5. The van der Waals surface area contributed by atoms with Gasteiger partial charge in [-0.3, -0.25) is 5.43 Å². The number of hydrogen-bond donors (Lipinski definition) is 2. The average molecular weight is 380 g/mol. The fourth-order valence-corrected chi connectivity index (χ4v) is 2.43. The largest absolute Gasteiger partial charge is 0.493 e. The number of thiocarbonyl (C=S) groups is 1. The van der Waals surface area contributed by atoms with Gasteiger partial charge in [-0.25, -0.2) is 0 Å². The van der Waals surface area contributed by atoms with Crippen LogP contribution in [0.2, 0.25) is 5.02 Å². The highest BCUT2D eigenvalue weighted by molar-refractivity contribution is 7.80. The second-order valence-electron chi connectivity index (χ2n) is 4.79. The van der Waals surface area contributed by atoms with Gasteiger partial charge < -0.3 is 19.5 Å². The van der Waals surface area contributed by atoms with Crippen molar-refractivity contribution in [3.63, 3.8) is 0 Å². The summed E-state index contributed by atoms with van der Waals surface area (Å²) in [6.45, 7) is 0. The Labute approximate surface area is 156 Å². The van der Waals surface area contributed by atoms with Crippen LogP contribution in [0.25, 0.3) is 0 Å². The summed E-state index contributed by atoms with van der Waals surface area (Å²) in [6, 6.07) is 10.8. The van der Waals surface area contributed by atoms with Crippen molar-refractivity contribution in [2.45, 2.75) is 0 Å². The van der Waals surface area contributed by atoms with E-state index in [4.69, 9.17) is 38.0 Å². The molecule has 0 saturated heterocycles. The van der Waals surface area contributed by atoms with Crippen molar-refractivity contribution in [1.29, 1.82) is 0 Å². The maximum Gasteiger partial charge on any atom is 0.203 e. The molecule has 0 aliphatic carbocycles. The molecule has 2 aromatic carbocycles. The first-order valence-electron chi connectivity index (χ1n) is 7.23. The van der Waals surface area contributed by atoms with Crippen molar-refractivity contribution >= 4 is 40.8 Å². The number of hydrogen-bond acceptors (Lipinski definition) is 5. The summed E-state index contributed by atoms with van der Waals surface area (Å²) in [5.74, 6) is 1.61. The van der Waals surface area contributed by atoms with Gasteiger partial charge in [0.05, 0.1) is 27.5 Å². The predicted molar refractivity (Wildman–Crippen MR) is 105 cm³/mol. The molecule has 0 radical (unpaired) electrons. The predicted octanol–water partition coefficient (Wildman–Crippen LogP) is 3.69. The molecule has 25 heavy (non-hydrogen) atoms. The summed E-state index contributed by atoms with van der Waals surface area (Å²) in [7, 11) is 4.66. The summed E-state index contributed by atoms with van der Waals surface area (Å²) in [5, 5.41) is 8.05. The van der Waals surface area contributed by atoms with E-state index in [0.717, 1.165) is 11.3 Å². The molecule has 2 N–H and O–H groups in total. The fourth-order valence-electron chi connectivity index (χ4n) is 2.07. The zero-order valence-electron chi connectivity index (χ0n) is 14.0. The van der Waals surface area contributed by atoms with Gasteiger partial charge in [-0.1, -0.05) is 17.7 Å². The van der Waals surface area contributed by atoms with E-state index in [1.165, 1.54) is 0 Å². The molecule has 0 fully saturated rings. The highest BCUT2D eigenvalue weighted by Gasteiger charge is 2.12. The molecule has 0 amide bonds. The highest BCUT2D eigenvalue weighted by Crippen LogP contribution is 2.37. The normalized spacial score (nSPS) is 10.4. The Hall–Kier alpha value is -2.51. The first-order valence-corrected chi connectivity index (χ1v) is 8.01. The Balaban J connectivity index is 2.05. The van der Waals surface area contributed by atoms with E-state index < -0.39 is 0 Å². The standard InChI is InChI=1S/C17H18ClN3O3S/c1-22-14-7-11(8-15(23-2)16(14)24-3)10-19-21-17(25)20-13-6-4-5-12(18)9-13/h4-10H,1-3H3,(H2,20,21,25).